The molecule has 0 aliphatic carbocycles. The van der Waals surface area contributed by atoms with Crippen molar-refractivity contribution in [1.29, 1.82) is 0 Å². The Balaban J connectivity index is 1.90. The third-order valence-corrected chi connectivity index (χ3v) is 3.82. The number of ether oxygens (including phenoxy) is 1. The van der Waals surface area contributed by atoms with Gasteiger partial charge in [0.15, 0.2) is 0 Å². The minimum absolute atomic E-state index is 0.532. The average molecular weight is 314 g/mol. The van der Waals surface area contributed by atoms with E-state index in [4.69, 9.17) is 27.9 Å². The van der Waals surface area contributed by atoms with Crippen molar-refractivity contribution >= 4 is 23.2 Å². The second kappa shape index (κ2) is 7.35. The van der Waals surface area contributed by atoms with E-state index in [2.05, 4.69) is 11.5 Å². The Morgan fingerprint density at radius 2 is 1.80 bits per heavy atom. The number of piperidine rings is 1. The summed E-state index contributed by atoms with van der Waals surface area (Å²) in [5.41, 5.74) is 1.19. The van der Waals surface area contributed by atoms with Gasteiger partial charge in [-0.05, 0) is 50.0 Å². The van der Waals surface area contributed by atoms with Crippen molar-refractivity contribution in [1.82, 2.24) is 4.90 Å². The molecule has 0 bridgehead atoms. The summed E-state index contributed by atoms with van der Waals surface area (Å²) in [6.07, 6.45) is 6.43. The minimum atomic E-state index is -1.20. The van der Waals surface area contributed by atoms with Gasteiger partial charge in [-0.25, -0.2) is 0 Å². The highest BCUT2D eigenvalue weighted by Gasteiger charge is 2.30. The van der Waals surface area contributed by atoms with Crippen molar-refractivity contribution in [3.8, 4) is 5.75 Å². The third-order valence-electron chi connectivity index (χ3n) is 3.43. The molecule has 2 rings (SSSR count). The van der Waals surface area contributed by atoms with Crippen molar-refractivity contribution < 1.29 is 4.74 Å². The highest BCUT2D eigenvalue weighted by molar-refractivity contribution is 6.47. The first-order chi connectivity index (χ1) is 9.59. The van der Waals surface area contributed by atoms with Crippen molar-refractivity contribution in [2.45, 2.75) is 30.2 Å². The molecule has 1 aromatic carbocycles. The highest BCUT2D eigenvalue weighted by atomic mass is 35.5. The standard InChI is InChI=1S/C16H21Cl2NO/c1-2-6-14-7-9-15(10-8-14)20-16(17,18)13-19-11-4-3-5-12-19/h2,7-10H,1,3-6,11-13H2. The lowest BCUT2D eigenvalue weighted by molar-refractivity contribution is 0.141. The van der Waals surface area contributed by atoms with Crippen LogP contribution in [0.15, 0.2) is 36.9 Å². The lowest BCUT2D eigenvalue weighted by Crippen LogP contribution is -2.41. The molecule has 2 nitrogen and oxygen atoms in total. The maximum atomic E-state index is 6.29. The zero-order chi connectivity index (χ0) is 14.4. The number of hydrogen-bond donors (Lipinski definition) is 0. The van der Waals surface area contributed by atoms with Crippen LogP contribution in [0.1, 0.15) is 24.8 Å². The molecule has 0 amide bonds. The van der Waals surface area contributed by atoms with E-state index in [1.165, 1.54) is 24.8 Å². The molecule has 0 N–H and O–H groups in total. The first kappa shape index (κ1) is 15.7. The van der Waals surface area contributed by atoms with E-state index in [-0.39, 0.29) is 0 Å². The third kappa shape index (κ3) is 5.01. The molecule has 1 heterocycles. The molecule has 1 aliphatic rings. The SMILES string of the molecule is C=CCc1ccc(OC(Cl)(Cl)CN2CCCCC2)cc1. The molecule has 0 unspecified atom stereocenters. The van der Waals surface area contributed by atoms with Crippen LogP contribution in [-0.2, 0) is 6.42 Å². The summed E-state index contributed by atoms with van der Waals surface area (Å²) in [6.45, 7) is 6.35. The van der Waals surface area contributed by atoms with Crippen LogP contribution in [-0.4, -0.2) is 29.1 Å². The summed E-state index contributed by atoms with van der Waals surface area (Å²) in [5.74, 6) is 0.694. The summed E-state index contributed by atoms with van der Waals surface area (Å²) in [4.78, 5) is 2.26. The second-order valence-corrected chi connectivity index (χ2v) is 6.63. The predicted octanol–water partition coefficient (Wildman–Crippen LogP) is 4.41. The molecule has 0 spiro atoms. The fourth-order valence-electron chi connectivity index (χ4n) is 2.44. The van der Waals surface area contributed by atoms with E-state index in [0.29, 0.717) is 12.3 Å². The van der Waals surface area contributed by atoms with Gasteiger partial charge in [0.05, 0.1) is 6.54 Å². The number of rotatable bonds is 6. The van der Waals surface area contributed by atoms with Gasteiger partial charge in [0.25, 0.3) is 4.52 Å². The van der Waals surface area contributed by atoms with Crippen molar-refractivity contribution in [3.05, 3.63) is 42.5 Å². The van der Waals surface area contributed by atoms with Gasteiger partial charge in [-0.3, -0.25) is 4.90 Å². The van der Waals surface area contributed by atoms with Crippen molar-refractivity contribution in [2.24, 2.45) is 0 Å². The summed E-state index contributed by atoms with van der Waals surface area (Å²) in [5, 5.41) is 0. The summed E-state index contributed by atoms with van der Waals surface area (Å²) in [6, 6.07) is 7.80. The van der Waals surface area contributed by atoms with Gasteiger partial charge in [-0.15, -0.1) is 6.58 Å². The zero-order valence-corrected chi connectivity index (χ0v) is 13.2. The van der Waals surface area contributed by atoms with E-state index in [9.17, 15) is 0 Å². The van der Waals surface area contributed by atoms with Gasteiger partial charge in [0.2, 0.25) is 0 Å². The Labute approximate surface area is 131 Å². The average Bonchev–Trinajstić information content (AvgIpc) is 2.41. The smallest absolute Gasteiger partial charge is 0.270 e. The Morgan fingerprint density at radius 1 is 1.15 bits per heavy atom. The molecular weight excluding hydrogens is 293 g/mol. The topological polar surface area (TPSA) is 12.5 Å². The highest BCUT2D eigenvalue weighted by Crippen LogP contribution is 2.28. The molecule has 0 saturated carbocycles. The van der Waals surface area contributed by atoms with E-state index in [1.807, 2.05) is 30.3 Å². The lowest BCUT2D eigenvalue weighted by atomic mass is 10.1. The van der Waals surface area contributed by atoms with E-state index < -0.39 is 4.52 Å². The molecule has 0 atom stereocenters. The summed E-state index contributed by atoms with van der Waals surface area (Å²) < 4.78 is 4.50. The molecule has 0 aromatic heterocycles. The Kier molecular flexibility index (Phi) is 5.76. The predicted molar refractivity (Wildman–Crippen MR) is 85.7 cm³/mol. The normalized spacial score (nSPS) is 16.9. The van der Waals surface area contributed by atoms with E-state index in [0.717, 1.165) is 19.5 Å². The lowest BCUT2D eigenvalue weighted by Gasteiger charge is -2.32. The number of alkyl halides is 2. The monoisotopic (exact) mass is 313 g/mol. The van der Waals surface area contributed by atoms with Gasteiger partial charge in [0.1, 0.15) is 5.75 Å². The van der Waals surface area contributed by atoms with Crippen LogP contribution in [0.25, 0.3) is 0 Å². The summed E-state index contributed by atoms with van der Waals surface area (Å²) in [7, 11) is 0. The fraction of sp³-hybridized carbons (Fsp3) is 0.500. The zero-order valence-electron chi connectivity index (χ0n) is 11.7. The number of nitrogens with zero attached hydrogens (tertiary/aromatic N) is 1. The number of likely N-dealkylation sites (tertiary alicyclic amines) is 1. The Morgan fingerprint density at radius 3 is 2.40 bits per heavy atom. The van der Waals surface area contributed by atoms with Gasteiger partial charge in [-0.1, -0.05) is 47.8 Å². The first-order valence-electron chi connectivity index (χ1n) is 7.08. The van der Waals surface area contributed by atoms with Crippen LogP contribution >= 0.6 is 23.2 Å². The van der Waals surface area contributed by atoms with Crippen LogP contribution < -0.4 is 4.74 Å². The van der Waals surface area contributed by atoms with E-state index in [1.54, 1.807) is 0 Å². The van der Waals surface area contributed by atoms with Crippen LogP contribution in [0.2, 0.25) is 0 Å². The van der Waals surface area contributed by atoms with Crippen molar-refractivity contribution in [2.75, 3.05) is 19.6 Å². The van der Waals surface area contributed by atoms with Crippen LogP contribution in [0.5, 0.6) is 5.75 Å². The minimum Gasteiger partial charge on any atom is -0.457 e. The van der Waals surface area contributed by atoms with Gasteiger partial charge in [-0.2, -0.15) is 0 Å². The molecule has 0 radical (unpaired) electrons. The fourth-order valence-corrected chi connectivity index (χ4v) is 2.96. The molecule has 1 saturated heterocycles. The first-order valence-corrected chi connectivity index (χ1v) is 7.84. The number of halogens is 2. The van der Waals surface area contributed by atoms with Gasteiger partial charge in [0, 0.05) is 0 Å². The molecule has 1 fully saturated rings. The second-order valence-electron chi connectivity index (χ2n) is 5.21. The molecule has 1 aromatic rings. The molecule has 20 heavy (non-hydrogen) atoms. The number of benzene rings is 1. The maximum absolute atomic E-state index is 6.29. The molecule has 110 valence electrons. The Bertz CT molecular complexity index is 425. The van der Waals surface area contributed by atoms with Crippen LogP contribution in [0.4, 0.5) is 0 Å². The quantitative estimate of drug-likeness (QED) is 0.569. The summed E-state index contributed by atoms with van der Waals surface area (Å²) >= 11 is 12.6. The Hall–Kier alpha value is -0.700. The molecular formula is C16H21Cl2NO. The van der Waals surface area contributed by atoms with E-state index >= 15 is 0 Å². The maximum Gasteiger partial charge on any atom is 0.270 e. The molecule has 4 heteroatoms. The van der Waals surface area contributed by atoms with Crippen LogP contribution in [0.3, 0.4) is 0 Å². The van der Waals surface area contributed by atoms with Crippen LogP contribution in [0, 0.1) is 0 Å². The number of hydrogen-bond acceptors (Lipinski definition) is 2. The van der Waals surface area contributed by atoms with Crippen molar-refractivity contribution in [3.63, 3.8) is 0 Å². The molecule has 1 aliphatic heterocycles. The largest absolute Gasteiger partial charge is 0.457 e. The number of allylic oxidation sites excluding steroid dienone is 1. The van der Waals surface area contributed by atoms with Gasteiger partial charge < -0.3 is 4.74 Å². The van der Waals surface area contributed by atoms with Gasteiger partial charge >= 0.3 is 0 Å².